The van der Waals surface area contributed by atoms with Crippen LogP contribution in [0.4, 0.5) is 17.3 Å². The van der Waals surface area contributed by atoms with Crippen LogP contribution in [0.3, 0.4) is 0 Å². The summed E-state index contributed by atoms with van der Waals surface area (Å²) in [5.41, 5.74) is 1.70. The van der Waals surface area contributed by atoms with Crippen molar-refractivity contribution in [2.75, 3.05) is 17.2 Å². The van der Waals surface area contributed by atoms with Crippen LogP contribution in [0, 0.1) is 6.92 Å². The first kappa shape index (κ1) is 14.0. The van der Waals surface area contributed by atoms with E-state index in [0.717, 1.165) is 29.4 Å². The first-order valence-corrected chi connectivity index (χ1v) is 6.79. The molecule has 0 aliphatic heterocycles. The number of nitrogens with zero attached hydrogens (tertiary/aromatic N) is 1. The van der Waals surface area contributed by atoms with Crippen LogP contribution in [0.2, 0.25) is 10.0 Å². The molecule has 0 aliphatic carbocycles. The first-order chi connectivity index (χ1) is 9.10. The van der Waals surface area contributed by atoms with Gasteiger partial charge in [0.1, 0.15) is 11.6 Å². The lowest BCUT2D eigenvalue weighted by Crippen LogP contribution is -2.01. The van der Waals surface area contributed by atoms with Crippen molar-refractivity contribution in [2.24, 2.45) is 0 Å². The maximum absolute atomic E-state index is 6.19. The second-order valence-corrected chi connectivity index (χ2v) is 4.96. The Bertz CT molecular complexity index is 585. The topological polar surface area (TPSA) is 37.0 Å². The summed E-state index contributed by atoms with van der Waals surface area (Å²) in [6.45, 7) is 4.77. The lowest BCUT2D eigenvalue weighted by Gasteiger charge is -2.11. The molecule has 0 saturated carbocycles. The number of halogens is 2. The van der Waals surface area contributed by atoms with E-state index in [4.69, 9.17) is 23.2 Å². The lowest BCUT2D eigenvalue weighted by molar-refractivity contribution is 1.16. The summed E-state index contributed by atoms with van der Waals surface area (Å²) in [4.78, 5) is 4.43. The fourth-order valence-corrected chi connectivity index (χ4v) is 2.09. The molecular weight excluding hydrogens is 281 g/mol. The maximum Gasteiger partial charge on any atom is 0.132 e. The molecule has 0 bridgehead atoms. The van der Waals surface area contributed by atoms with Gasteiger partial charge in [-0.1, -0.05) is 29.3 Å². The second kappa shape index (κ2) is 6.13. The summed E-state index contributed by atoms with van der Waals surface area (Å²) in [5.74, 6) is 1.54. The average molecular weight is 296 g/mol. The Morgan fingerprint density at radius 2 is 1.84 bits per heavy atom. The summed E-state index contributed by atoms with van der Waals surface area (Å²) in [6.07, 6.45) is 0. The zero-order chi connectivity index (χ0) is 13.8. The number of aromatic nitrogens is 1. The van der Waals surface area contributed by atoms with Crippen LogP contribution >= 0.6 is 23.2 Å². The van der Waals surface area contributed by atoms with E-state index in [-0.39, 0.29) is 0 Å². The number of hydrogen-bond donors (Lipinski definition) is 2. The van der Waals surface area contributed by atoms with Gasteiger partial charge in [0.25, 0.3) is 0 Å². The fraction of sp³-hybridized carbons (Fsp3) is 0.214. The number of rotatable bonds is 4. The highest BCUT2D eigenvalue weighted by molar-refractivity contribution is 6.35. The second-order valence-electron chi connectivity index (χ2n) is 4.14. The van der Waals surface area contributed by atoms with Crippen molar-refractivity contribution in [1.29, 1.82) is 0 Å². The molecule has 0 radical (unpaired) electrons. The van der Waals surface area contributed by atoms with Crippen molar-refractivity contribution in [3.63, 3.8) is 0 Å². The number of nitrogens with one attached hydrogen (secondary N) is 2. The Morgan fingerprint density at radius 1 is 1.11 bits per heavy atom. The highest BCUT2D eigenvalue weighted by atomic mass is 35.5. The van der Waals surface area contributed by atoms with Gasteiger partial charge in [0.15, 0.2) is 0 Å². The van der Waals surface area contributed by atoms with Gasteiger partial charge in [-0.15, -0.1) is 0 Å². The molecule has 0 amide bonds. The largest absolute Gasteiger partial charge is 0.370 e. The standard InChI is InChI=1S/C14H15Cl2N3/c1-3-17-13-5-4-6-14(19-13)18-12-8-10(15)9(2)7-11(12)16/h4-8H,3H2,1-2H3,(H2,17,18,19). The molecule has 1 aromatic carbocycles. The normalized spacial score (nSPS) is 10.3. The van der Waals surface area contributed by atoms with E-state index < -0.39 is 0 Å². The van der Waals surface area contributed by atoms with Gasteiger partial charge in [-0.05, 0) is 43.7 Å². The Morgan fingerprint density at radius 3 is 2.58 bits per heavy atom. The highest BCUT2D eigenvalue weighted by Crippen LogP contribution is 2.30. The van der Waals surface area contributed by atoms with E-state index in [0.29, 0.717) is 10.0 Å². The van der Waals surface area contributed by atoms with E-state index in [1.807, 2.05) is 38.1 Å². The molecule has 5 heteroatoms. The molecule has 0 atom stereocenters. The van der Waals surface area contributed by atoms with Gasteiger partial charge in [0, 0.05) is 11.6 Å². The third-order valence-corrected chi connectivity index (χ3v) is 3.34. The number of pyridine rings is 1. The van der Waals surface area contributed by atoms with Crippen molar-refractivity contribution in [3.05, 3.63) is 45.9 Å². The fourth-order valence-electron chi connectivity index (χ4n) is 1.66. The quantitative estimate of drug-likeness (QED) is 0.845. The van der Waals surface area contributed by atoms with Crippen LogP contribution in [-0.2, 0) is 0 Å². The van der Waals surface area contributed by atoms with Crippen LogP contribution in [0.1, 0.15) is 12.5 Å². The highest BCUT2D eigenvalue weighted by Gasteiger charge is 2.06. The van der Waals surface area contributed by atoms with Gasteiger partial charge in [-0.2, -0.15) is 0 Å². The Kier molecular flexibility index (Phi) is 4.51. The van der Waals surface area contributed by atoms with Gasteiger partial charge in [0.05, 0.1) is 10.7 Å². The summed E-state index contributed by atoms with van der Waals surface area (Å²) in [6, 6.07) is 9.36. The van der Waals surface area contributed by atoms with Crippen LogP contribution in [0.15, 0.2) is 30.3 Å². The first-order valence-electron chi connectivity index (χ1n) is 6.03. The van der Waals surface area contributed by atoms with Crippen molar-refractivity contribution in [2.45, 2.75) is 13.8 Å². The Hall–Kier alpha value is -1.45. The smallest absolute Gasteiger partial charge is 0.132 e. The molecule has 3 nitrogen and oxygen atoms in total. The molecule has 1 aromatic heterocycles. The van der Waals surface area contributed by atoms with Gasteiger partial charge in [-0.25, -0.2) is 4.98 Å². The Labute approximate surface area is 123 Å². The molecule has 0 aliphatic rings. The molecule has 2 rings (SSSR count). The van der Waals surface area contributed by atoms with Gasteiger partial charge in [-0.3, -0.25) is 0 Å². The van der Waals surface area contributed by atoms with Crippen LogP contribution in [0.25, 0.3) is 0 Å². The third kappa shape index (κ3) is 3.52. The SMILES string of the molecule is CCNc1cccc(Nc2cc(Cl)c(C)cc2Cl)n1. The van der Waals surface area contributed by atoms with Crippen LogP contribution in [0.5, 0.6) is 0 Å². The van der Waals surface area contributed by atoms with Crippen LogP contribution in [-0.4, -0.2) is 11.5 Å². The van der Waals surface area contributed by atoms with Crippen molar-refractivity contribution < 1.29 is 0 Å². The zero-order valence-electron chi connectivity index (χ0n) is 10.8. The summed E-state index contributed by atoms with van der Waals surface area (Å²) >= 11 is 12.3. The monoisotopic (exact) mass is 295 g/mol. The number of aryl methyl sites for hydroxylation is 1. The number of benzene rings is 1. The molecule has 0 spiro atoms. The summed E-state index contributed by atoms with van der Waals surface area (Å²) in [5, 5.41) is 7.63. The molecule has 2 N–H and O–H groups in total. The molecule has 1 heterocycles. The molecule has 19 heavy (non-hydrogen) atoms. The minimum atomic E-state index is 0.623. The Balaban J connectivity index is 2.25. The van der Waals surface area contributed by atoms with E-state index >= 15 is 0 Å². The number of hydrogen-bond acceptors (Lipinski definition) is 3. The third-order valence-electron chi connectivity index (χ3n) is 2.62. The maximum atomic E-state index is 6.19. The average Bonchev–Trinajstić information content (AvgIpc) is 2.37. The predicted octanol–water partition coefficient (Wildman–Crippen LogP) is 4.87. The van der Waals surface area contributed by atoms with Gasteiger partial charge < -0.3 is 10.6 Å². The number of anilines is 3. The molecule has 0 unspecified atom stereocenters. The van der Waals surface area contributed by atoms with Crippen molar-refractivity contribution >= 4 is 40.5 Å². The van der Waals surface area contributed by atoms with E-state index in [9.17, 15) is 0 Å². The summed E-state index contributed by atoms with van der Waals surface area (Å²) < 4.78 is 0. The molecule has 0 saturated heterocycles. The molecular formula is C14H15Cl2N3. The van der Waals surface area contributed by atoms with Gasteiger partial charge in [0.2, 0.25) is 0 Å². The minimum Gasteiger partial charge on any atom is -0.370 e. The van der Waals surface area contributed by atoms with Gasteiger partial charge >= 0.3 is 0 Å². The van der Waals surface area contributed by atoms with E-state index in [1.165, 1.54) is 0 Å². The summed E-state index contributed by atoms with van der Waals surface area (Å²) in [7, 11) is 0. The van der Waals surface area contributed by atoms with Crippen LogP contribution < -0.4 is 10.6 Å². The molecule has 2 aromatic rings. The van der Waals surface area contributed by atoms with Crippen molar-refractivity contribution in [3.8, 4) is 0 Å². The molecule has 100 valence electrons. The van der Waals surface area contributed by atoms with Crippen molar-refractivity contribution in [1.82, 2.24) is 4.98 Å². The lowest BCUT2D eigenvalue weighted by atomic mass is 10.2. The molecule has 0 fully saturated rings. The predicted molar refractivity (Wildman–Crippen MR) is 82.9 cm³/mol. The van der Waals surface area contributed by atoms with E-state index in [1.54, 1.807) is 6.07 Å². The minimum absolute atomic E-state index is 0.623. The van der Waals surface area contributed by atoms with E-state index in [2.05, 4.69) is 15.6 Å². The zero-order valence-corrected chi connectivity index (χ0v) is 12.3.